The minimum absolute atomic E-state index is 0. The van der Waals surface area contributed by atoms with Crippen LogP contribution in [0.3, 0.4) is 0 Å². The van der Waals surface area contributed by atoms with E-state index in [1.54, 1.807) is 0 Å². The fourth-order valence-corrected chi connectivity index (χ4v) is 6.06. The van der Waals surface area contributed by atoms with Crippen LogP contribution in [0, 0.1) is 38.6 Å². The molecule has 0 atom stereocenters. The number of rotatable bonds is 3. The third-order valence-corrected chi connectivity index (χ3v) is 7.46. The number of fused-ring (bicyclic) bond motifs is 1. The second-order valence-corrected chi connectivity index (χ2v) is 8.51. The fourth-order valence-electron chi connectivity index (χ4n) is 3.19. The Bertz CT molecular complexity index is 981. The van der Waals surface area contributed by atoms with E-state index in [1.807, 2.05) is 84.9 Å². The molecular formula is C22H17OPTb. The molecule has 3 heteroatoms. The SMILES string of the molecule is O=P(c1ccccc1)(c1ccccc1)c1cccc2ccccc12.[Tb]. The van der Waals surface area contributed by atoms with Crippen molar-refractivity contribution in [3.05, 3.63) is 103 Å². The largest absolute Gasteiger partial charge is 0.309 e. The second kappa shape index (κ2) is 7.91. The summed E-state index contributed by atoms with van der Waals surface area (Å²) in [7, 11) is -2.92. The van der Waals surface area contributed by atoms with Gasteiger partial charge < -0.3 is 4.57 Å². The zero-order valence-corrected chi connectivity index (χ0v) is 16.5. The molecule has 4 aromatic rings. The number of benzene rings is 4. The van der Waals surface area contributed by atoms with Gasteiger partial charge in [-0.15, -0.1) is 0 Å². The molecule has 125 valence electrons. The topological polar surface area (TPSA) is 17.1 Å². The summed E-state index contributed by atoms with van der Waals surface area (Å²) in [5.74, 6) is 0. The van der Waals surface area contributed by atoms with Crippen molar-refractivity contribution in [3.63, 3.8) is 0 Å². The van der Waals surface area contributed by atoms with E-state index in [-0.39, 0.29) is 38.6 Å². The summed E-state index contributed by atoms with van der Waals surface area (Å²) in [4.78, 5) is 0. The van der Waals surface area contributed by atoms with Crippen LogP contribution in [0.4, 0.5) is 0 Å². The minimum Gasteiger partial charge on any atom is -0.309 e. The van der Waals surface area contributed by atoms with E-state index in [1.165, 1.54) is 0 Å². The molecule has 1 radical (unpaired) electrons. The van der Waals surface area contributed by atoms with Gasteiger partial charge in [0.15, 0.2) is 7.14 Å². The molecule has 0 spiro atoms. The Morgan fingerprint density at radius 1 is 0.520 bits per heavy atom. The summed E-state index contributed by atoms with van der Waals surface area (Å²) < 4.78 is 14.4. The molecule has 0 aliphatic heterocycles. The first-order chi connectivity index (χ1) is 11.8. The van der Waals surface area contributed by atoms with E-state index in [0.717, 1.165) is 26.7 Å². The Labute approximate surface area is 178 Å². The van der Waals surface area contributed by atoms with Crippen molar-refractivity contribution in [2.24, 2.45) is 0 Å². The van der Waals surface area contributed by atoms with Gasteiger partial charge >= 0.3 is 0 Å². The molecule has 0 bridgehead atoms. The van der Waals surface area contributed by atoms with Gasteiger partial charge in [-0.1, -0.05) is 103 Å². The summed E-state index contributed by atoms with van der Waals surface area (Å²) in [5, 5.41) is 4.80. The molecule has 0 aliphatic rings. The minimum atomic E-state index is -2.92. The van der Waals surface area contributed by atoms with E-state index in [9.17, 15) is 4.57 Å². The van der Waals surface area contributed by atoms with Crippen LogP contribution in [0.25, 0.3) is 10.8 Å². The van der Waals surface area contributed by atoms with Gasteiger partial charge in [0.2, 0.25) is 0 Å². The predicted molar refractivity (Wildman–Crippen MR) is 103 cm³/mol. The normalized spacial score (nSPS) is 11.0. The maximum atomic E-state index is 14.4. The van der Waals surface area contributed by atoms with Crippen LogP contribution in [0.15, 0.2) is 103 Å². The van der Waals surface area contributed by atoms with Crippen molar-refractivity contribution in [3.8, 4) is 0 Å². The molecule has 4 rings (SSSR count). The summed E-state index contributed by atoms with van der Waals surface area (Å²) in [6, 6.07) is 33.8. The first-order valence-electron chi connectivity index (χ1n) is 8.00. The van der Waals surface area contributed by atoms with Crippen LogP contribution < -0.4 is 15.9 Å². The first kappa shape index (κ1) is 18.4. The van der Waals surface area contributed by atoms with Crippen LogP contribution in [0.5, 0.6) is 0 Å². The third-order valence-electron chi connectivity index (χ3n) is 4.35. The van der Waals surface area contributed by atoms with Gasteiger partial charge in [-0.3, -0.25) is 0 Å². The summed E-state index contributed by atoms with van der Waals surface area (Å²) in [5.41, 5.74) is 0. The van der Waals surface area contributed by atoms with Crippen molar-refractivity contribution in [1.82, 2.24) is 0 Å². The van der Waals surface area contributed by atoms with E-state index < -0.39 is 7.14 Å². The van der Waals surface area contributed by atoms with Crippen molar-refractivity contribution >= 4 is 33.8 Å². The van der Waals surface area contributed by atoms with Crippen molar-refractivity contribution < 1.29 is 43.2 Å². The number of hydrogen-bond acceptors (Lipinski definition) is 1. The zero-order chi connectivity index (χ0) is 16.4. The predicted octanol–water partition coefficient (Wildman–Crippen LogP) is 4.48. The van der Waals surface area contributed by atoms with Gasteiger partial charge in [0, 0.05) is 54.5 Å². The molecule has 4 aromatic carbocycles. The Morgan fingerprint density at radius 3 is 1.60 bits per heavy atom. The fraction of sp³-hybridized carbons (Fsp3) is 0. The molecule has 0 unspecified atom stereocenters. The molecule has 0 saturated heterocycles. The summed E-state index contributed by atoms with van der Waals surface area (Å²) in [6.45, 7) is 0. The Kier molecular flexibility index (Phi) is 5.83. The van der Waals surface area contributed by atoms with Crippen LogP contribution in [0.1, 0.15) is 0 Å². The Hall–Kier alpha value is -1.34. The van der Waals surface area contributed by atoms with Crippen LogP contribution in [-0.2, 0) is 4.57 Å². The first-order valence-corrected chi connectivity index (χ1v) is 9.70. The maximum Gasteiger partial charge on any atom is 0.171 e. The number of hydrogen-bond donors (Lipinski definition) is 0. The Morgan fingerprint density at radius 2 is 1.00 bits per heavy atom. The van der Waals surface area contributed by atoms with Crippen LogP contribution >= 0.6 is 7.14 Å². The summed E-state index contributed by atoms with van der Waals surface area (Å²) in [6.07, 6.45) is 0. The van der Waals surface area contributed by atoms with Gasteiger partial charge in [0.1, 0.15) is 0 Å². The van der Waals surface area contributed by atoms with Crippen molar-refractivity contribution in [2.75, 3.05) is 0 Å². The summed E-state index contributed by atoms with van der Waals surface area (Å²) >= 11 is 0. The molecule has 0 aromatic heterocycles. The zero-order valence-electron chi connectivity index (χ0n) is 13.5. The van der Waals surface area contributed by atoms with Gasteiger partial charge in [-0.2, -0.15) is 0 Å². The third kappa shape index (κ3) is 3.36. The molecular weight excluding hydrogens is 470 g/mol. The quantitative estimate of drug-likeness (QED) is 0.390. The standard InChI is InChI=1S/C22H17OP.Tb/c23-24(19-12-3-1-4-13-19,20-14-5-2-6-15-20)22-17-9-11-18-10-7-8-16-21(18)22;/h1-17H;. The van der Waals surface area contributed by atoms with E-state index >= 15 is 0 Å². The molecule has 0 N–H and O–H groups in total. The van der Waals surface area contributed by atoms with Gasteiger partial charge in [0.05, 0.1) is 0 Å². The van der Waals surface area contributed by atoms with Gasteiger partial charge in [-0.25, -0.2) is 0 Å². The average Bonchev–Trinajstić information content (AvgIpc) is 2.68. The van der Waals surface area contributed by atoms with E-state index in [0.29, 0.717) is 0 Å². The maximum absolute atomic E-state index is 14.4. The van der Waals surface area contributed by atoms with Crippen LogP contribution in [-0.4, -0.2) is 0 Å². The molecule has 0 fully saturated rings. The van der Waals surface area contributed by atoms with Crippen molar-refractivity contribution in [2.45, 2.75) is 0 Å². The van der Waals surface area contributed by atoms with Crippen LogP contribution in [0.2, 0.25) is 0 Å². The van der Waals surface area contributed by atoms with Gasteiger partial charge in [-0.05, 0) is 10.8 Å². The molecule has 0 aliphatic carbocycles. The monoisotopic (exact) mass is 487 g/mol. The van der Waals surface area contributed by atoms with E-state index in [4.69, 9.17) is 0 Å². The molecule has 0 amide bonds. The van der Waals surface area contributed by atoms with Crippen molar-refractivity contribution in [1.29, 1.82) is 0 Å². The second-order valence-electron chi connectivity index (χ2n) is 5.78. The average molecular weight is 487 g/mol. The molecule has 1 nitrogen and oxygen atoms in total. The smallest absolute Gasteiger partial charge is 0.171 e. The molecule has 25 heavy (non-hydrogen) atoms. The Balaban J connectivity index is 0.00000182. The molecule has 0 heterocycles. The van der Waals surface area contributed by atoms with Gasteiger partial charge in [0.25, 0.3) is 0 Å². The molecule has 0 saturated carbocycles. The van der Waals surface area contributed by atoms with E-state index in [2.05, 4.69) is 18.2 Å².